The second-order valence-electron chi connectivity index (χ2n) is 8.75. The number of amides is 1. The highest BCUT2D eigenvalue weighted by Gasteiger charge is 2.44. The van der Waals surface area contributed by atoms with E-state index in [-0.39, 0.29) is 37.0 Å². The molecule has 1 aliphatic heterocycles. The number of anilines is 2. The molecule has 2 aromatic heterocycles. The van der Waals surface area contributed by atoms with Crippen LogP contribution in [-0.4, -0.2) is 52.8 Å². The van der Waals surface area contributed by atoms with E-state index < -0.39 is 17.7 Å². The molecule has 0 atom stereocenters. The van der Waals surface area contributed by atoms with Gasteiger partial charge in [0.25, 0.3) is 5.92 Å². The lowest BCUT2D eigenvalue weighted by Gasteiger charge is -2.40. The third-order valence-corrected chi connectivity index (χ3v) is 5.58. The van der Waals surface area contributed by atoms with Crippen molar-refractivity contribution in [2.45, 2.75) is 45.0 Å². The molecule has 1 aliphatic carbocycles. The number of benzene rings is 1. The van der Waals surface area contributed by atoms with Crippen molar-refractivity contribution in [1.82, 2.24) is 14.8 Å². The summed E-state index contributed by atoms with van der Waals surface area (Å²) in [5.74, 6) is -5.66. The van der Waals surface area contributed by atoms with Gasteiger partial charge in [0.05, 0.1) is 32.2 Å². The summed E-state index contributed by atoms with van der Waals surface area (Å²) in [6.45, 7) is 1.68. The van der Waals surface area contributed by atoms with Gasteiger partial charge in [0.2, 0.25) is 11.8 Å². The van der Waals surface area contributed by atoms with E-state index in [1.807, 2.05) is 0 Å². The summed E-state index contributed by atoms with van der Waals surface area (Å²) in [6.07, 6.45) is 4.77. The number of carbonyl (C=O) groups is 1. The molecule has 0 bridgehead atoms. The number of fused-ring (bicyclic) bond motifs is 1. The number of pyridine rings is 1. The summed E-state index contributed by atoms with van der Waals surface area (Å²) >= 11 is 0. The SMILES string of the molecule is CCC(C)(F)F.CF.O=C(Nc1ccc(F)c(-n2cc3cc(N4CC(F)(F)C4)cnc3n2)c1)C1CC1. The minimum Gasteiger partial charge on any atom is -0.358 e. The smallest absolute Gasteiger partial charge is 0.282 e. The molecular formula is C24H27F6N5O. The van der Waals surface area contributed by atoms with Gasteiger partial charge < -0.3 is 10.2 Å². The Morgan fingerprint density at radius 1 is 1.19 bits per heavy atom. The van der Waals surface area contributed by atoms with Gasteiger partial charge >= 0.3 is 0 Å². The highest BCUT2D eigenvalue weighted by molar-refractivity contribution is 5.94. The van der Waals surface area contributed by atoms with Crippen molar-refractivity contribution in [3.05, 3.63) is 42.5 Å². The van der Waals surface area contributed by atoms with Crippen LogP contribution < -0.4 is 10.2 Å². The number of hydrogen-bond acceptors (Lipinski definition) is 4. The first kappa shape index (κ1) is 27.3. The molecule has 2 aliphatic rings. The van der Waals surface area contributed by atoms with Crippen LogP contribution in [0.2, 0.25) is 0 Å². The average molecular weight is 516 g/mol. The Bertz CT molecular complexity index is 1200. The van der Waals surface area contributed by atoms with Crippen molar-refractivity contribution in [1.29, 1.82) is 0 Å². The summed E-state index contributed by atoms with van der Waals surface area (Å²) in [6, 6.07) is 5.99. The van der Waals surface area contributed by atoms with Crippen LogP contribution in [0.5, 0.6) is 0 Å². The number of hydrogen-bond donors (Lipinski definition) is 1. The van der Waals surface area contributed by atoms with Crippen molar-refractivity contribution < 1.29 is 31.1 Å². The standard InChI is InChI=1S/C19H16F3N5O.C4H8F2.CH3F/c20-15-4-3-13(24-18(28)11-1-2-11)6-16(15)27-8-12-5-14(7-23-17(12)25-27)26-9-19(21,22)10-26;1-3-4(2,5)6;1-2/h3-8,11H,1-2,9-10H2,(H,24,28);3H2,1-2H3;1H3. The molecule has 3 heterocycles. The largest absolute Gasteiger partial charge is 0.358 e. The third-order valence-electron chi connectivity index (χ3n) is 5.58. The van der Waals surface area contributed by atoms with Crippen LogP contribution in [0, 0.1) is 11.7 Å². The molecule has 1 aromatic carbocycles. The quantitative estimate of drug-likeness (QED) is 0.424. The van der Waals surface area contributed by atoms with Gasteiger partial charge in [-0.25, -0.2) is 31.6 Å². The zero-order chi connectivity index (χ0) is 26.7. The summed E-state index contributed by atoms with van der Waals surface area (Å²) in [4.78, 5) is 17.7. The Balaban J connectivity index is 0.000000399. The van der Waals surface area contributed by atoms with Gasteiger partial charge in [-0.2, -0.15) is 0 Å². The number of nitrogens with zero attached hydrogens (tertiary/aromatic N) is 4. The maximum atomic E-state index is 14.4. The Morgan fingerprint density at radius 2 is 1.83 bits per heavy atom. The molecule has 2 fully saturated rings. The molecule has 36 heavy (non-hydrogen) atoms. The van der Waals surface area contributed by atoms with Crippen molar-refractivity contribution in [2.75, 3.05) is 30.5 Å². The van der Waals surface area contributed by atoms with E-state index in [9.17, 15) is 31.1 Å². The maximum absolute atomic E-state index is 14.4. The fourth-order valence-corrected chi connectivity index (χ4v) is 3.25. The summed E-state index contributed by atoms with van der Waals surface area (Å²) in [7, 11) is 0.500. The third kappa shape index (κ3) is 6.88. The molecule has 6 nitrogen and oxygen atoms in total. The van der Waals surface area contributed by atoms with Crippen LogP contribution in [0.15, 0.2) is 36.7 Å². The summed E-state index contributed by atoms with van der Waals surface area (Å²) in [5, 5.41) is 7.66. The first-order valence-electron chi connectivity index (χ1n) is 11.3. The van der Waals surface area contributed by atoms with E-state index in [0.29, 0.717) is 29.6 Å². The number of rotatable bonds is 5. The van der Waals surface area contributed by atoms with E-state index in [1.54, 1.807) is 12.3 Å². The zero-order valence-electron chi connectivity index (χ0n) is 20.0. The number of nitrogens with one attached hydrogen (secondary N) is 1. The number of aromatic nitrogens is 3. The lowest BCUT2D eigenvalue weighted by molar-refractivity contribution is -0.117. The number of halogens is 6. The number of carbonyl (C=O) groups excluding carboxylic acids is 1. The number of alkyl halides is 5. The minimum atomic E-state index is -2.67. The molecule has 1 N–H and O–H groups in total. The van der Waals surface area contributed by atoms with Crippen LogP contribution in [0.1, 0.15) is 33.1 Å². The molecule has 1 saturated heterocycles. The molecule has 0 unspecified atom stereocenters. The zero-order valence-corrected chi connectivity index (χ0v) is 20.0. The lowest BCUT2D eigenvalue weighted by atomic mass is 10.1. The topological polar surface area (TPSA) is 63.1 Å². The molecule has 3 aromatic rings. The Kier molecular flexibility index (Phi) is 8.15. The molecule has 0 radical (unpaired) electrons. The molecule has 5 rings (SSSR count). The van der Waals surface area contributed by atoms with Gasteiger partial charge in [0.15, 0.2) is 5.65 Å². The first-order chi connectivity index (χ1) is 16.9. The second kappa shape index (κ2) is 10.8. The summed E-state index contributed by atoms with van der Waals surface area (Å²) < 4.78 is 74.3. The lowest BCUT2D eigenvalue weighted by Crippen LogP contribution is -2.56. The molecule has 12 heteroatoms. The second-order valence-corrected chi connectivity index (χ2v) is 8.75. The van der Waals surface area contributed by atoms with Crippen molar-refractivity contribution in [2.24, 2.45) is 5.92 Å². The first-order valence-corrected chi connectivity index (χ1v) is 11.3. The molecule has 196 valence electrons. The fraction of sp³-hybridized carbons (Fsp3) is 0.458. The molecule has 1 amide bonds. The van der Waals surface area contributed by atoms with Crippen LogP contribution in [0.4, 0.5) is 37.7 Å². The van der Waals surface area contributed by atoms with Crippen molar-refractivity contribution in [3.8, 4) is 5.69 Å². The highest BCUT2D eigenvalue weighted by Crippen LogP contribution is 2.33. The molecule has 0 spiro atoms. The van der Waals surface area contributed by atoms with Crippen LogP contribution in [0.3, 0.4) is 0 Å². The van der Waals surface area contributed by atoms with Gasteiger partial charge in [-0.15, -0.1) is 5.10 Å². The van der Waals surface area contributed by atoms with Gasteiger partial charge in [-0.1, -0.05) is 6.92 Å². The Hall–Kier alpha value is -3.31. The van der Waals surface area contributed by atoms with Crippen LogP contribution in [-0.2, 0) is 4.79 Å². The van der Waals surface area contributed by atoms with E-state index in [2.05, 4.69) is 15.4 Å². The van der Waals surface area contributed by atoms with Crippen molar-refractivity contribution in [3.63, 3.8) is 0 Å². The minimum absolute atomic E-state index is 0.0392. The predicted octanol–water partition coefficient (Wildman–Crippen LogP) is 6.00. The Morgan fingerprint density at radius 3 is 2.39 bits per heavy atom. The van der Waals surface area contributed by atoms with E-state index in [0.717, 1.165) is 19.8 Å². The van der Waals surface area contributed by atoms with E-state index in [4.69, 9.17) is 0 Å². The van der Waals surface area contributed by atoms with Gasteiger partial charge in [0, 0.05) is 29.6 Å². The van der Waals surface area contributed by atoms with Crippen molar-refractivity contribution >= 4 is 28.3 Å². The molecule has 1 saturated carbocycles. The van der Waals surface area contributed by atoms with E-state index >= 15 is 0 Å². The average Bonchev–Trinajstić information content (AvgIpc) is 3.59. The van der Waals surface area contributed by atoms with E-state index in [1.165, 1.54) is 40.9 Å². The Labute approximate surface area is 204 Å². The fourth-order valence-electron chi connectivity index (χ4n) is 3.25. The monoisotopic (exact) mass is 515 g/mol. The normalized spacial score (nSPS) is 16.3. The van der Waals surface area contributed by atoms with Gasteiger partial charge in [-0.3, -0.25) is 9.18 Å². The van der Waals surface area contributed by atoms with Crippen LogP contribution in [0.25, 0.3) is 16.7 Å². The summed E-state index contributed by atoms with van der Waals surface area (Å²) in [5.41, 5.74) is 1.61. The van der Waals surface area contributed by atoms with Crippen LogP contribution >= 0.6 is 0 Å². The molecular weight excluding hydrogens is 488 g/mol. The highest BCUT2D eigenvalue weighted by atomic mass is 19.3. The van der Waals surface area contributed by atoms with Gasteiger partial charge in [-0.05, 0) is 44.0 Å². The maximum Gasteiger partial charge on any atom is 0.282 e. The predicted molar refractivity (Wildman–Crippen MR) is 125 cm³/mol. The van der Waals surface area contributed by atoms with Gasteiger partial charge in [0.1, 0.15) is 11.5 Å².